The van der Waals surface area contributed by atoms with Gasteiger partial charge in [-0.1, -0.05) is 6.07 Å². The molecule has 0 spiro atoms. The Morgan fingerprint density at radius 3 is 2.68 bits per heavy atom. The van der Waals surface area contributed by atoms with Crippen molar-refractivity contribution >= 4 is 15.6 Å². The number of hydrogen-bond donors (Lipinski definition) is 3. The minimum atomic E-state index is -3.48. The molecule has 2 aliphatic heterocycles. The molecular formula is C28H35N9O3S. The molecule has 3 aromatic rings. The lowest BCUT2D eigenvalue weighted by atomic mass is 9.96. The van der Waals surface area contributed by atoms with Crippen molar-refractivity contribution in [3.05, 3.63) is 77.9 Å². The fourth-order valence-electron chi connectivity index (χ4n) is 4.91. The summed E-state index contributed by atoms with van der Waals surface area (Å²) in [4.78, 5) is 16.2. The summed E-state index contributed by atoms with van der Waals surface area (Å²) in [6.07, 6.45) is 11.5. The molecule has 0 amide bonds. The largest absolute Gasteiger partial charge is 0.382 e. The average Bonchev–Trinajstić information content (AvgIpc) is 3.71. The predicted octanol–water partition coefficient (Wildman–Crippen LogP) is 1.55. The number of nitrogens with one attached hydrogen (secondary N) is 2. The Morgan fingerprint density at radius 2 is 1.98 bits per heavy atom. The highest BCUT2D eigenvalue weighted by Crippen LogP contribution is 2.32. The summed E-state index contributed by atoms with van der Waals surface area (Å²) in [7, 11) is -3.48. The maximum Gasteiger partial charge on any atom is 0.256 e. The monoisotopic (exact) mass is 577 g/mol. The van der Waals surface area contributed by atoms with E-state index in [1.54, 1.807) is 12.3 Å². The van der Waals surface area contributed by atoms with Gasteiger partial charge in [0.2, 0.25) is 0 Å². The van der Waals surface area contributed by atoms with Gasteiger partial charge in [-0.3, -0.25) is 9.88 Å². The van der Waals surface area contributed by atoms with Crippen LogP contribution in [0.5, 0.6) is 0 Å². The minimum Gasteiger partial charge on any atom is -0.382 e. The zero-order chi connectivity index (χ0) is 28.6. The van der Waals surface area contributed by atoms with Crippen molar-refractivity contribution in [3.8, 4) is 11.4 Å². The lowest BCUT2D eigenvalue weighted by Gasteiger charge is -2.33. The zero-order valence-electron chi connectivity index (χ0n) is 23.2. The second-order valence-electron chi connectivity index (χ2n) is 11.0. The van der Waals surface area contributed by atoms with Gasteiger partial charge in [0, 0.05) is 55.5 Å². The normalized spacial score (nSPS) is 21.8. The number of hydrogen-bond acceptors (Lipinski definition) is 11. The molecule has 0 bridgehead atoms. The van der Waals surface area contributed by atoms with E-state index >= 15 is 0 Å². The number of dihydropyridines is 1. The molecule has 1 saturated heterocycles. The fraction of sp³-hybridized carbons (Fsp3) is 0.429. The summed E-state index contributed by atoms with van der Waals surface area (Å²) in [5, 5.41) is 10.5. The number of aromatic nitrogens is 5. The van der Waals surface area contributed by atoms with Gasteiger partial charge in [0.25, 0.3) is 10.0 Å². The third-order valence-corrected chi connectivity index (χ3v) is 9.31. The van der Waals surface area contributed by atoms with E-state index in [4.69, 9.17) is 20.4 Å². The quantitative estimate of drug-likeness (QED) is 0.339. The van der Waals surface area contributed by atoms with Crippen molar-refractivity contribution in [3.63, 3.8) is 0 Å². The van der Waals surface area contributed by atoms with Crippen LogP contribution in [0, 0.1) is 0 Å². The van der Waals surface area contributed by atoms with Gasteiger partial charge in [0.15, 0.2) is 11.5 Å². The molecule has 0 aromatic carbocycles. The molecule has 1 atom stereocenters. The maximum absolute atomic E-state index is 12.6. The highest BCUT2D eigenvalue weighted by Gasteiger charge is 2.38. The first-order valence-corrected chi connectivity index (χ1v) is 15.4. The Balaban J connectivity index is 1.24. The first-order valence-electron chi connectivity index (χ1n) is 13.9. The number of rotatable bonds is 9. The molecule has 6 rings (SSSR count). The summed E-state index contributed by atoms with van der Waals surface area (Å²) in [5.74, 6) is 0.338. The van der Waals surface area contributed by atoms with Crippen molar-refractivity contribution in [2.45, 2.75) is 50.2 Å². The van der Waals surface area contributed by atoms with Crippen molar-refractivity contribution in [2.75, 3.05) is 26.3 Å². The Bertz CT molecular complexity index is 1570. The maximum atomic E-state index is 12.6. The third kappa shape index (κ3) is 5.89. The van der Waals surface area contributed by atoms with Crippen LogP contribution < -0.4 is 16.4 Å². The van der Waals surface area contributed by atoms with E-state index in [0.717, 1.165) is 59.5 Å². The van der Waals surface area contributed by atoms with Gasteiger partial charge in [-0.2, -0.15) is 9.19 Å². The number of nitrogens with two attached hydrogens (primary N) is 1. The lowest BCUT2D eigenvalue weighted by molar-refractivity contribution is 0.0341. The van der Waals surface area contributed by atoms with Gasteiger partial charge in [-0.15, -0.1) is 0 Å². The number of ether oxygens (including phenoxy) is 1. The summed E-state index contributed by atoms with van der Waals surface area (Å²) in [6, 6.07) is 6.02. The molecule has 41 heavy (non-hydrogen) atoms. The highest BCUT2D eigenvalue weighted by molar-refractivity contribution is 7.90. The Hall–Kier alpha value is -3.65. The Kier molecular flexibility index (Phi) is 7.36. The van der Waals surface area contributed by atoms with Crippen LogP contribution in [0.4, 0.5) is 0 Å². The molecule has 216 valence electrons. The molecule has 3 aromatic heterocycles. The molecule has 12 nitrogen and oxygen atoms in total. The van der Waals surface area contributed by atoms with E-state index < -0.39 is 15.7 Å². The Labute approximate surface area is 239 Å². The summed E-state index contributed by atoms with van der Waals surface area (Å²) < 4.78 is 31.6. The van der Waals surface area contributed by atoms with Crippen LogP contribution in [0.25, 0.3) is 17.0 Å². The number of allylic oxidation sites excluding steroid dienone is 1. The smallest absolute Gasteiger partial charge is 0.256 e. The van der Waals surface area contributed by atoms with E-state index in [2.05, 4.69) is 45.5 Å². The SMILES string of the molecule is CC(C)NC1=CC(N)(c2ccnc(-c3cnn(S(=O)(=O)C4CC4)c3)n2)NC=C1c1ccc(CN2CCOCC2)cn1. The van der Waals surface area contributed by atoms with Crippen molar-refractivity contribution in [1.29, 1.82) is 0 Å². The van der Waals surface area contributed by atoms with Crippen LogP contribution >= 0.6 is 0 Å². The first-order chi connectivity index (χ1) is 19.7. The topological polar surface area (TPSA) is 153 Å². The van der Waals surface area contributed by atoms with E-state index in [1.165, 1.54) is 12.4 Å². The number of nitrogens with zero attached hydrogens (tertiary/aromatic N) is 6. The van der Waals surface area contributed by atoms with Crippen molar-refractivity contribution in [1.82, 2.24) is 39.7 Å². The minimum absolute atomic E-state index is 0.146. The second-order valence-corrected chi connectivity index (χ2v) is 13.1. The van der Waals surface area contributed by atoms with Crippen LogP contribution in [-0.2, 0) is 27.0 Å². The molecule has 4 N–H and O–H groups in total. The second kappa shape index (κ2) is 11.0. The summed E-state index contributed by atoms with van der Waals surface area (Å²) in [6.45, 7) is 8.34. The molecule has 2 fully saturated rings. The number of morpholine rings is 1. The molecule has 1 aliphatic carbocycles. The van der Waals surface area contributed by atoms with Gasteiger partial charge in [0.05, 0.1) is 47.8 Å². The van der Waals surface area contributed by atoms with Gasteiger partial charge in [-0.05, 0) is 50.5 Å². The van der Waals surface area contributed by atoms with Crippen LogP contribution in [0.3, 0.4) is 0 Å². The predicted molar refractivity (Wildman–Crippen MR) is 154 cm³/mol. The summed E-state index contributed by atoms with van der Waals surface area (Å²) in [5.41, 5.74) is 10.4. The van der Waals surface area contributed by atoms with Crippen LogP contribution in [0.1, 0.15) is 43.6 Å². The molecule has 1 unspecified atom stereocenters. The molecule has 5 heterocycles. The van der Waals surface area contributed by atoms with E-state index in [1.807, 2.05) is 24.5 Å². The lowest BCUT2D eigenvalue weighted by Crippen LogP contribution is -2.50. The molecular weight excluding hydrogens is 542 g/mol. The molecule has 0 radical (unpaired) electrons. The standard InChI is InChI=1S/C28H35N9O3S/c1-19(2)34-25-13-28(29,32-16-23(25)24-6-3-20(14-31-24)17-36-9-11-40-12-10-36)26-7-8-30-27(35-26)21-15-33-37(18-21)41(38,39)22-4-5-22/h3,6-8,13-16,18-19,22,32,34H,4-5,9-12,17,29H2,1-2H3. The average molecular weight is 578 g/mol. The van der Waals surface area contributed by atoms with Gasteiger partial charge in [-0.25, -0.2) is 18.4 Å². The Morgan fingerprint density at radius 1 is 1.17 bits per heavy atom. The summed E-state index contributed by atoms with van der Waals surface area (Å²) >= 11 is 0. The van der Waals surface area contributed by atoms with Gasteiger partial charge in [0.1, 0.15) is 0 Å². The fourth-order valence-corrected chi connectivity index (χ4v) is 6.38. The van der Waals surface area contributed by atoms with Gasteiger partial charge < -0.3 is 21.1 Å². The number of pyridine rings is 1. The molecule has 1 saturated carbocycles. The first kappa shape index (κ1) is 27.5. The molecule has 3 aliphatic rings. The van der Waals surface area contributed by atoms with Crippen LogP contribution in [0.15, 0.2) is 61.0 Å². The van der Waals surface area contributed by atoms with E-state index in [9.17, 15) is 8.42 Å². The van der Waals surface area contributed by atoms with E-state index in [0.29, 0.717) is 29.9 Å². The van der Waals surface area contributed by atoms with Crippen molar-refractivity contribution < 1.29 is 13.2 Å². The molecule has 13 heteroatoms. The van der Waals surface area contributed by atoms with Crippen molar-refractivity contribution in [2.24, 2.45) is 5.73 Å². The zero-order valence-corrected chi connectivity index (χ0v) is 24.0. The third-order valence-electron chi connectivity index (χ3n) is 7.28. The van der Waals surface area contributed by atoms with Gasteiger partial charge >= 0.3 is 0 Å². The highest BCUT2D eigenvalue weighted by atomic mass is 32.2. The van der Waals surface area contributed by atoms with Crippen LogP contribution in [-0.4, -0.2) is 75.1 Å². The van der Waals surface area contributed by atoms with E-state index in [-0.39, 0.29) is 11.3 Å². The van der Waals surface area contributed by atoms with Crippen LogP contribution in [0.2, 0.25) is 0 Å².